The summed E-state index contributed by atoms with van der Waals surface area (Å²) < 4.78 is 12.7. The number of hydrogen-bond donors (Lipinski definition) is 0. The summed E-state index contributed by atoms with van der Waals surface area (Å²) in [5.41, 5.74) is 2.68. The van der Waals surface area contributed by atoms with Crippen LogP contribution in [0.1, 0.15) is 61.3 Å². The van der Waals surface area contributed by atoms with Gasteiger partial charge in [-0.3, -0.25) is 9.48 Å². The van der Waals surface area contributed by atoms with E-state index in [2.05, 4.69) is 25.9 Å². The number of methoxy groups -OCH3 is 2. The van der Waals surface area contributed by atoms with Gasteiger partial charge >= 0.3 is 0 Å². The highest BCUT2D eigenvalue weighted by Crippen LogP contribution is 2.41. The minimum Gasteiger partial charge on any atom is -0.493 e. The quantitative estimate of drug-likeness (QED) is 0.726. The average Bonchev–Trinajstić information content (AvgIpc) is 3.41. The van der Waals surface area contributed by atoms with E-state index in [4.69, 9.17) is 9.47 Å². The largest absolute Gasteiger partial charge is 0.493 e. The van der Waals surface area contributed by atoms with E-state index in [9.17, 15) is 4.79 Å². The number of carbonyl (C=O) groups is 1. The molecule has 1 aliphatic carbocycles. The van der Waals surface area contributed by atoms with Crippen LogP contribution in [0.25, 0.3) is 0 Å². The molecule has 0 radical (unpaired) electrons. The third kappa shape index (κ3) is 4.32. The van der Waals surface area contributed by atoms with Crippen LogP contribution in [0.3, 0.4) is 0 Å². The van der Waals surface area contributed by atoms with Gasteiger partial charge in [-0.15, -0.1) is 0 Å². The maximum Gasteiger partial charge on any atom is 0.274 e. The van der Waals surface area contributed by atoms with Gasteiger partial charge in [-0.2, -0.15) is 5.10 Å². The molecule has 28 heavy (non-hydrogen) atoms. The number of nitrogens with zero attached hydrogens (tertiary/aromatic N) is 3. The summed E-state index contributed by atoms with van der Waals surface area (Å²) in [6.07, 6.45) is 3.10. The molecule has 1 fully saturated rings. The average molecular weight is 386 g/mol. The van der Waals surface area contributed by atoms with Crippen LogP contribution in [0.2, 0.25) is 0 Å². The molecule has 1 heterocycles. The molecule has 152 valence electrons. The molecule has 6 nitrogen and oxygen atoms in total. The van der Waals surface area contributed by atoms with Crippen molar-refractivity contribution in [2.75, 3.05) is 27.8 Å². The van der Waals surface area contributed by atoms with Crippen LogP contribution >= 0.6 is 0 Å². The maximum atomic E-state index is 12.9. The molecule has 1 aromatic carbocycles. The van der Waals surface area contributed by atoms with E-state index in [1.165, 1.54) is 18.5 Å². The molecule has 0 spiro atoms. The summed E-state index contributed by atoms with van der Waals surface area (Å²) in [6.45, 7) is 6.98. The lowest BCUT2D eigenvalue weighted by atomic mass is 10.1. The van der Waals surface area contributed by atoms with Gasteiger partial charge in [0.05, 0.1) is 19.8 Å². The van der Waals surface area contributed by atoms with E-state index in [-0.39, 0.29) is 11.4 Å². The molecule has 0 saturated heterocycles. The van der Waals surface area contributed by atoms with Crippen LogP contribution in [-0.2, 0) is 12.0 Å². The molecule has 0 N–H and O–H groups in total. The van der Waals surface area contributed by atoms with Crippen molar-refractivity contribution >= 4 is 5.91 Å². The number of hydrogen-bond acceptors (Lipinski definition) is 4. The number of likely N-dealkylation sites (N-methyl/N-ethyl adjacent to an activating group) is 1. The Morgan fingerprint density at radius 1 is 1.18 bits per heavy atom. The minimum atomic E-state index is -0.130. The molecule has 3 rings (SSSR count). The van der Waals surface area contributed by atoms with Crippen LogP contribution in [0.4, 0.5) is 0 Å². The second-order valence-corrected chi connectivity index (χ2v) is 8.48. The van der Waals surface area contributed by atoms with E-state index in [1.54, 1.807) is 19.1 Å². The van der Waals surface area contributed by atoms with Crippen LogP contribution in [0, 0.1) is 0 Å². The lowest BCUT2D eigenvalue weighted by Crippen LogP contribution is -2.30. The second kappa shape index (κ2) is 7.86. The summed E-state index contributed by atoms with van der Waals surface area (Å²) in [7, 11) is 5.08. The van der Waals surface area contributed by atoms with Crippen LogP contribution in [-0.4, -0.2) is 48.4 Å². The van der Waals surface area contributed by atoms with Crippen LogP contribution < -0.4 is 9.47 Å². The fraction of sp³-hybridized carbons (Fsp3) is 0.545. The van der Waals surface area contributed by atoms with Gasteiger partial charge in [0.1, 0.15) is 0 Å². The summed E-state index contributed by atoms with van der Waals surface area (Å²) in [5.74, 6) is 1.92. The van der Waals surface area contributed by atoms with Crippen molar-refractivity contribution < 1.29 is 14.3 Å². The Labute approximate surface area is 167 Å². The van der Waals surface area contributed by atoms with Gasteiger partial charge in [-0.05, 0) is 63.8 Å². The molecule has 0 aliphatic heterocycles. The number of carbonyl (C=O) groups excluding carboxylic acids is 1. The lowest BCUT2D eigenvalue weighted by Gasteiger charge is -2.22. The third-order valence-corrected chi connectivity index (χ3v) is 5.12. The standard InChI is InChI=1S/C22H31N3O3/c1-22(2,3)25-18(16-8-9-16)14-17(23-25)21(26)24(4)12-11-15-7-10-19(27-5)20(13-15)28-6/h7,10,13-14,16H,8-9,11-12H2,1-6H3. The third-order valence-electron chi connectivity index (χ3n) is 5.12. The monoisotopic (exact) mass is 385 g/mol. The fourth-order valence-corrected chi connectivity index (χ4v) is 3.34. The van der Waals surface area contributed by atoms with Crippen molar-refractivity contribution in [1.29, 1.82) is 0 Å². The van der Waals surface area contributed by atoms with Gasteiger partial charge in [-0.1, -0.05) is 6.07 Å². The van der Waals surface area contributed by atoms with Crippen molar-refractivity contribution in [3.05, 3.63) is 41.2 Å². The zero-order valence-corrected chi connectivity index (χ0v) is 17.8. The van der Waals surface area contributed by atoms with Gasteiger partial charge in [0.25, 0.3) is 5.91 Å². The second-order valence-electron chi connectivity index (χ2n) is 8.48. The number of aromatic nitrogens is 2. The SMILES string of the molecule is COc1ccc(CCN(C)C(=O)c2cc(C3CC3)n(C(C)(C)C)n2)cc1OC. The van der Waals surface area contributed by atoms with Crippen molar-refractivity contribution in [1.82, 2.24) is 14.7 Å². The number of benzene rings is 1. The Balaban J connectivity index is 1.70. The molecular weight excluding hydrogens is 354 g/mol. The predicted octanol–water partition coefficient (Wildman–Crippen LogP) is 3.85. The molecular formula is C22H31N3O3. The predicted molar refractivity (Wildman–Crippen MR) is 109 cm³/mol. The van der Waals surface area contributed by atoms with Gasteiger partial charge in [-0.25, -0.2) is 0 Å². The van der Waals surface area contributed by atoms with Crippen LogP contribution in [0.5, 0.6) is 11.5 Å². The Bertz CT molecular complexity index is 847. The Hall–Kier alpha value is -2.50. The topological polar surface area (TPSA) is 56.6 Å². The first-order chi connectivity index (χ1) is 13.2. The summed E-state index contributed by atoms with van der Waals surface area (Å²) >= 11 is 0. The van der Waals surface area contributed by atoms with E-state index in [1.807, 2.05) is 36.0 Å². The first-order valence-corrected chi connectivity index (χ1v) is 9.81. The summed E-state index contributed by atoms with van der Waals surface area (Å²) in [6, 6.07) is 7.83. The van der Waals surface area contributed by atoms with Gasteiger partial charge in [0.2, 0.25) is 0 Å². The molecule has 2 aromatic rings. The molecule has 0 atom stereocenters. The number of rotatable bonds is 7. The lowest BCUT2D eigenvalue weighted by molar-refractivity contribution is 0.0789. The van der Waals surface area contributed by atoms with E-state index < -0.39 is 0 Å². The Morgan fingerprint density at radius 3 is 2.43 bits per heavy atom. The van der Waals surface area contributed by atoms with Gasteiger partial charge in [0.15, 0.2) is 17.2 Å². The summed E-state index contributed by atoms with van der Waals surface area (Å²) in [5, 5.41) is 4.66. The highest BCUT2D eigenvalue weighted by atomic mass is 16.5. The van der Waals surface area contributed by atoms with Crippen molar-refractivity contribution in [2.45, 2.75) is 51.5 Å². The number of amides is 1. The highest BCUT2D eigenvalue weighted by Gasteiger charge is 2.33. The minimum absolute atomic E-state index is 0.0367. The van der Waals surface area contributed by atoms with Gasteiger partial charge < -0.3 is 14.4 Å². The van der Waals surface area contributed by atoms with E-state index in [0.29, 0.717) is 29.7 Å². The normalized spacial score (nSPS) is 14.1. The first kappa shape index (κ1) is 20.2. The van der Waals surface area contributed by atoms with Crippen LogP contribution in [0.15, 0.2) is 24.3 Å². The maximum absolute atomic E-state index is 12.9. The number of ether oxygens (including phenoxy) is 2. The Kier molecular flexibility index (Phi) is 5.68. The molecule has 1 aliphatic rings. The van der Waals surface area contributed by atoms with Gasteiger partial charge in [0, 0.05) is 25.2 Å². The highest BCUT2D eigenvalue weighted by molar-refractivity contribution is 5.92. The molecule has 1 aromatic heterocycles. The molecule has 0 bridgehead atoms. The molecule has 6 heteroatoms. The summed E-state index contributed by atoms with van der Waals surface area (Å²) in [4.78, 5) is 14.7. The Morgan fingerprint density at radius 2 is 1.86 bits per heavy atom. The zero-order chi connectivity index (χ0) is 20.5. The van der Waals surface area contributed by atoms with Crippen molar-refractivity contribution in [2.24, 2.45) is 0 Å². The smallest absolute Gasteiger partial charge is 0.274 e. The molecule has 0 unspecified atom stereocenters. The van der Waals surface area contributed by atoms with E-state index in [0.717, 1.165) is 12.0 Å². The van der Waals surface area contributed by atoms with E-state index >= 15 is 0 Å². The zero-order valence-electron chi connectivity index (χ0n) is 17.8. The first-order valence-electron chi connectivity index (χ1n) is 9.81. The van der Waals surface area contributed by atoms with Crippen molar-refractivity contribution in [3.8, 4) is 11.5 Å². The van der Waals surface area contributed by atoms with Crippen molar-refractivity contribution in [3.63, 3.8) is 0 Å². The fourth-order valence-electron chi connectivity index (χ4n) is 3.34. The molecule has 1 saturated carbocycles. The molecule has 1 amide bonds.